The maximum absolute atomic E-state index is 12.7. The van der Waals surface area contributed by atoms with E-state index in [-0.39, 0.29) is 5.91 Å². The summed E-state index contributed by atoms with van der Waals surface area (Å²) in [6.07, 6.45) is 1.49. The van der Waals surface area contributed by atoms with Gasteiger partial charge in [-0.3, -0.25) is 9.69 Å². The van der Waals surface area contributed by atoms with Crippen LogP contribution in [-0.2, 0) is 18.5 Å². The zero-order chi connectivity index (χ0) is 26.4. The van der Waals surface area contributed by atoms with Gasteiger partial charge in [-0.2, -0.15) is 5.26 Å². The first kappa shape index (κ1) is 26.5. The van der Waals surface area contributed by atoms with Crippen molar-refractivity contribution in [3.63, 3.8) is 0 Å². The normalized spacial score (nSPS) is 15.0. The van der Waals surface area contributed by atoms with E-state index in [1.54, 1.807) is 32.4 Å². The van der Waals surface area contributed by atoms with Gasteiger partial charge >= 0.3 is 0 Å². The van der Waals surface area contributed by atoms with Crippen LogP contribution in [0.5, 0.6) is 11.5 Å². The average molecular weight is 518 g/mol. The Hall–Kier alpha value is -3.53. The Bertz CT molecular complexity index is 1310. The van der Waals surface area contributed by atoms with E-state index in [0.29, 0.717) is 22.9 Å². The standard InChI is InChI=1S/C30H32ClN3O3/c1-21-25(8-5-9-26(21)31)29(35)33-18-22-6-4-7-24(16-22)30(20-32)12-14-34(15-13-30)19-23-10-11-27(36-2)28(17-23)37-3/h4-11,16-17H,12-15,18-19H2,1-3H3,(H,33,35). The Morgan fingerprint density at radius 3 is 2.46 bits per heavy atom. The Morgan fingerprint density at radius 1 is 1.03 bits per heavy atom. The number of methoxy groups -OCH3 is 2. The molecule has 0 radical (unpaired) electrons. The lowest BCUT2D eigenvalue weighted by atomic mass is 9.73. The number of carbonyl (C=O) groups excluding carboxylic acids is 1. The van der Waals surface area contributed by atoms with Crippen molar-refractivity contribution in [1.29, 1.82) is 5.26 Å². The monoisotopic (exact) mass is 517 g/mol. The van der Waals surface area contributed by atoms with Crippen molar-refractivity contribution in [2.75, 3.05) is 27.3 Å². The third kappa shape index (κ3) is 5.90. The molecule has 1 aliphatic rings. The summed E-state index contributed by atoms with van der Waals surface area (Å²) in [6, 6.07) is 22.0. The molecule has 0 aromatic heterocycles. The van der Waals surface area contributed by atoms with Crippen LogP contribution in [0.4, 0.5) is 0 Å². The summed E-state index contributed by atoms with van der Waals surface area (Å²) in [5.41, 5.74) is 3.91. The lowest BCUT2D eigenvalue weighted by Crippen LogP contribution is -2.41. The number of nitrogens with one attached hydrogen (secondary N) is 1. The SMILES string of the molecule is COc1ccc(CN2CCC(C#N)(c3cccc(CNC(=O)c4cccc(Cl)c4C)c3)CC2)cc1OC. The molecule has 0 aliphatic carbocycles. The number of hydrogen-bond acceptors (Lipinski definition) is 5. The molecule has 3 aromatic rings. The molecule has 1 aliphatic heterocycles. The molecule has 0 unspecified atom stereocenters. The molecular weight excluding hydrogens is 486 g/mol. The van der Waals surface area contributed by atoms with Crippen LogP contribution >= 0.6 is 11.6 Å². The highest BCUT2D eigenvalue weighted by molar-refractivity contribution is 6.31. The smallest absolute Gasteiger partial charge is 0.251 e. The van der Waals surface area contributed by atoms with Crippen molar-refractivity contribution in [1.82, 2.24) is 10.2 Å². The topological polar surface area (TPSA) is 74.6 Å². The van der Waals surface area contributed by atoms with Crippen molar-refractivity contribution in [2.24, 2.45) is 0 Å². The van der Waals surface area contributed by atoms with Gasteiger partial charge in [-0.1, -0.05) is 48.0 Å². The number of nitriles is 1. The number of benzene rings is 3. The zero-order valence-corrected chi connectivity index (χ0v) is 22.3. The van der Waals surface area contributed by atoms with Gasteiger partial charge in [0, 0.05) is 36.8 Å². The third-order valence-electron chi connectivity index (χ3n) is 7.22. The molecule has 7 heteroatoms. The third-order valence-corrected chi connectivity index (χ3v) is 7.63. The molecule has 0 atom stereocenters. The van der Waals surface area contributed by atoms with Gasteiger partial charge in [-0.25, -0.2) is 0 Å². The van der Waals surface area contributed by atoms with Gasteiger partial charge in [0.15, 0.2) is 11.5 Å². The molecule has 0 saturated carbocycles. The molecule has 1 amide bonds. The lowest BCUT2D eigenvalue weighted by Gasteiger charge is -2.38. The zero-order valence-electron chi connectivity index (χ0n) is 21.5. The van der Waals surface area contributed by atoms with Crippen LogP contribution < -0.4 is 14.8 Å². The highest BCUT2D eigenvalue weighted by atomic mass is 35.5. The minimum Gasteiger partial charge on any atom is -0.493 e. The van der Waals surface area contributed by atoms with Crippen LogP contribution in [0.25, 0.3) is 0 Å². The first-order valence-electron chi connectivity index (χ1n) is 12.4. The molecule has 6 nitrogen and oxygen atoms in total. The molecule has 4 rings (SSSR count). The second kappa shape index (κ2) is 11.7. The van der Waals surface area contributed by atoms with E-state index in [1.807, 2.05) is 37.3 Å². The minimum atomic E-state index is -0.544. The number of carbonyl (C=O) groups is 1. The Labute approximate surface area is 223 Å². The van der Waals surface area contributed by atoms with Gasteiger partial charge in [0.25, 0.3) is 5.91 Å². The number of piperidine rings is 1. The van der Waals surface area contributed by atoms with E-state index < -0.39 is 5.41 Å². The summed E-state index contributed by atoms with van der Waals surface area (Å²) >= 11 is 6.17. The summed E-state index contributed by atoms with van der Waals surface area (Å²) in [5, 5.41) is 13.8. The van der Waals surface area contributed by atoms with Gasteiger partial charge in [0.2, 0.25) is 0 Å². The maximum atomic E-state index is 12.7. The van der Waals surface area contributed by atoms with Gasteiger partial charge in [0.1, 0.15) is 0 Å². The van der Waals surface area contributed by atoms with E-state index in [2.05, 4.69) is 28.4 Å². The second-order valence-electron chi connectivity index (χ2n) is 9.45. The van der Waals surface area contributed by atoms with Crippen LogP contribution in [0, 0.1) is 18.3 Å². The number of hydrogen-bond donors (Lipinski definition) is 1. The molecular formula is C30H32ClN3O3. The number of nitrogens with zero attached hydrogens (tertiary/aromatic N) is 2. The first-order chi connectivity index (χ1) is 17.9. The fraction of sp³-hybridized carbons (Fsp3) is 0.333. The predicted octanol–water partition coefficient (Wildman–Crippen LogP) is 5.65. The van der Waals surface area contributed by atoms with Gasteiger partial charge < -0.3 is 14.8 Å². The van der Waals surface area contributed by atoms with E-state index in [4.69, 9.17) is 21.1 Å². The summed E-state index contributed by atoms with van der Waals surface area (Å²) in [4.78, 5) is 15.1. The van der Waals surface area contributed by atoms with Crippen LogP contribution in [0.3, 0.4) is 0 Å². The number of amides is 1. The van der Waals surface area contributed by atoms with Crippen LogP contribution in [-0.4, -0.2) is 38.1 Å². The second-order valence-corrected chi connectivity index (χ2v) is 9.86. The molecule has 1 saturated heterocycles. The van der Waals surface area contributed by atoms with Crippen molar-refractivity contribution in [3.05, 3.63) is 93.5 Å². The minimum absolute atomic E-state index is 0.163. The molecule has 0 bridgehead atoms. The molecule has 1 fully saturated rings. The molecule has 192 valence electrons. The van der Waals surface area contributed by atoms with Gasteiger partial charge in [0.05, 0.1) is 25.7 Å². The van der Waals surface area contributed by atoms with E-state index >= 15 is 0 Å². The molecule has 37 heavy (non-hydrogen) atoms. The number of halogens is 1. The highest BCUT2D eigenvalue weighted by Gasteiger charge is 2.36. The quantitative estimate of drug-likeness (QED) is 0.417. The van der Waals surface area contributed by atoms with E-state index in [0.717, 1.165) is 60.5 Å². The molecule has 0 spiro atoms. The highest BCUT2D eigenvalue weighted by Crippen LogP contribution is 2.36. The average Bonchev–Trinajstić information content (AvgIpc) is 2.94. The largest absolute Gasteiger partial charge is 0.493 e. The fourth-order valence-electron chi connectivity index (χ4n) is 4.91. The van der Waals surface area contributed by atoms with Crippen LogP contribution in [0.2, 0.25) is 5.02 Å². The van der Waals surface area contributed by atoms with Crippen molar-refractivity contribution >= 4 is 17.5 Å². The predicted molar refractivity (Wildman–Crippen MR) is 145 cm³/mol. The number of likely N-dealkylation sites (tertiary alicyclic amines) is 1. The van der Waals surface area contributed by atoms with Gasteiger partial charge in [-0.15, -0.1) is 0 Å². The summed E-state index contributed by atoms with van der Waals surface area (Å²) in [5.74, 6) is 1.27. The molecule has 1 N–H and O–H groups in total. The molecule has 3 aromatic carbocycles. The van der Waals surface area contributed by atoms with Crippen molar-refractivity contribution in [2.45, 2.75) is 38.3 Å². The Morgan fingerprint density at radius 2 is 1.76 bits per heavy atom. The summed E-state index contributed by atoms with van der Waals surface area (Å²) in [6.45, 7) is 4.64. The summed E-state index contributed by atoms with van der Waals surface area (Å²) in [7, 11) is 3.27. The van der Waals surface area contributed by atoms with E-state index in [1.165, 1.54) is 0 Å². The Balaban J connectivity index is 1.40. The molecule has 1 heterocycles. The summed E-state index contributed by atoms with van der Waals surface area (Å²) < 4.78 is 10.8. The Kier molecular flexibility index (Phi) is 8.38. The maximum Gasteiger partial charge on any atom is 0.251 e. The lowest BCUT2D eigenvalue weighted by molar-refractivity contribution is 0.0950. The van der Waals surface area contributed by atoms with Crippen molar-refractivity contribution in [3.8, 4) is 17.6 Å². The van der Waals surface area contributed by atoms with Crippen LogP contribution in [0.1, 0.15) is 45.5 Å². The van der Waals surface area contributed by atoms with Gasteiger partial charge in [-0.05, 0) is 66.3 Å². The fourth-order valence-corrected chi connectivity index (χ4v) is 5.08. The van der Waals surface area contributed by atoms with Crippen LogP contribution in [0.15, 0.2) is 60.7 Å². The number of ether oxygens (including phenoxy) is 2. The van der Waals surface area contributed by atoms with Crippen molar-refractivity contribution < 1.29 is 14.3 Å². The first-order valence-corrected chi connectivity index (χ1v) is 12.7. The number of rotatable bonds is 8. The van der Waals surface area contributed by atoms with E-state index in [9.17, 15) is 10.1 Å².